The zero-order chi connectivity index (χ0) is 13.4. The van der Waals surface area contributed by atoms with Crippen molar-refractivity contribution in [3.63, 3.8) is 0 Å². The van der Waals surface area contributed by atoms with Gasteiger partial charge in [0.25, 0.3) is 0 Å². The van der Waals surface area contributed by atoms with Crippen LogP contribution in [-0.2, 0) is 13.0 Å². The first-order valence-corrected chi connectivity index (χ1v) is 7.48. The Labute approximate surface area is 117 Å². The van der Waals surface area contributed by atoms with Crippen LogP contribution in [0.5, 0.6) is 5.75 Å². The Morgan fingerprint density at radius 1 is 1.32 bits per heavy atom. The molecule has 3 nitrogen and oxygen atoms in total. The van der Waals surface area contributed by atoms with Crippen LogP contribution in [0.15, 0.2) is 24.3 Å². The maximum Gasteiger partial charge on any atom is 0.127 e. The molecule has 1 aliphatic heterocycles. The van der Waals surface area contributed by atoms with Gasteiger partial charge in [-0.1, -0.05) is 12.1 Å². The fourth-order valence-electron chi connectivity index (χ4n) is 2.43. The van der Waals surface area contributed by atoms with Crippen molar-refractivity contribution in [1.82, 2.24) is 9.88 Å². The van der Waals surface area contributed by atoms with Gasteiger partial charge in [0, 0.05) is 30.4 Å². The molecule has 1 aromatic carbocycles. The van der Waals surface area contributed by atoms with Crippen LogP contribution in [-0.4, -0.2) is 27.6 Å². The third kappa shape index (κ3) is 2.38. The minimum absolute atomic E-state index is 0.314. The normalized spacial score (nSPS) is 15.7. The molecule has 1 aromatic heterocycles. The van der Waals surface area contributed by atoms with Crippen molar-refractivity contribution in [3.05, 3.63) is 34.8 Å². The van der Waals surface area contributed by atoms with Crippen molar-refractivity contribution >= 4 is 11.3 Å². The van der Waals surface area contributed by atoms with E-state index in [4.69, 9.17) is 4.98 Å². The van der Waals surface area contributed by atoms with Gasteiger partial charge in [-0.15, -0.1) is 11.3 Å². The van der Waals surface area contributed by atoms with Crippen molar-refractivity contribution in [3.8, 4) is 16.3 Å². The van der Waals surface area contributed by atoms with Gasteiger partial charge in [-0.2, -0.15) is 0 Å². The van der Waals surface area contributed by atoms with Crippen LogP contribution in [0.3, 0.4) is 0 Å². The highest BCUT2D eigenvalue weighted by molar-refractivity contribution is 7.15. The van der Waals surface area contributed by atoms with Crippen LogP contribution < -0.4 is 0 Å². The smallest absolute Gasteiger partial charge is 0.127 e. The molecule has 0 amide bonds. The van der Waals surface area contributed by atoms with E-state index in [1.165, 1.54) is 10.6 Å². The number of aromatic hydroxyl groups is 1. The minimum atomic E-state index is 0.314. The number of aromatic nitrogens is 1. The number of phenolic OH excluding ortho intramolecular Hbond substituents is 1. The zero-order valence-electron chi connectivity index (χ0n) is 11.3. The van der Waals surface area contributed by atoms with Gasteiger partial charge in [0.05, 0.1) is 11.3 Å². The van der Waals surface area contributed by atoms with Crippen molar-refractivity contribution in [2.24, 2.45) is 0 Å². The van der Waals surface area contributed by atoms with E-state index < -0.39 is 0 Å². The first-order chi connectivity index (χ1) is 9.15. The second-order valence-electron chi connectivity index (χ2n) is 5.22. The fourth-order valence-corrected chi connectivity index (χ4v) is 3.59. The molecule has 0 saturated heterocycles. The largest absolute Gasteiger partial charge is 0.507 e. The summed E-state index contributed by atoms with van der Waals surface area (Å²) in [5, 5.41) is 10.9. The molecule has 4 heteroatoms. The van der Waals surface area contributed by atoms with Crippen molar-refractivity contribution in [2.75, 3.05) is 6.54 Å². The zero-order valence-corrected chi connectivity index (χ0v) is 12.1. The Morgan fingerprint density at radius 2 is 2.11 bits per heavy atom. The van der Waals surface area contributed by atoms with Gasteiger partial charge in [0.15, 0.2) is 0 Å². The molecular formula is C15H18N2OS. The molecule has 0 unspecified atom stereocenters. The Hall–Kier alpha value is -1.39. The van der Waals surface area contributed by atoms with Crippen LogP contribution in [0, 0.1) is 0 Å². The van der Waals surface area contributed by atoms with Crippen LogP contribution in [0.1, 0.15) is 24.4 Å². The summed E-state index contributed by atoms with van der Waals surface area (Å²) in [5.74, 6) is 0.314. The number of hydrogen-bond donors (Lipinski definition) is 1. The quantitative estimate of drug-likeness (QED) is 0.913. The maximum absolute atomic E-state index is 9.92. The Bertz CT molecular complexity index is 592. The van der Waals surface area contributed by atoms with E-state index in [0.717, 1.165) is 30.1 Å². The highest BCUT2D eigenvalue weighted by atomic mass is 32.1. The van der Waals surface area contributed by atoms with Crippen LogP contribution in [0.2, 0.25) is 0 Å². The van der Waals surface area contributed by atoms with Gasteiger partial charge in [0.1, 0.15) is 10.8 Å². The number of nitrogens with zero attached hydrogens (tertiary/aromatic N) is 2. The van der Waals surface area contributed by atoms with E-state index in [9.17, 15) is 5.11 Å². The van der Waals surface area contributed by atoms with Crippen molar-refractivity contribution in [1.29, 1.82) is 0 Å². The molecule has 2 heterocycles. The van der Waals surface area contributed by atoms with Gasteiger partial charge in [-0.25, -0.2) is 4.98 Å². The molecule has 0 fully saturated rings. The lowest BCUT2D eigenvalue weighted by atomic mass is 10.1. The lowest BCUT2D eigenvalue weighted by molar-refractivity contribution is 0.205. The van der Waals surface area contributed by atoms with Crippen molar-refractivity contribution < 1.29 is 5.11 Å². The monoisotopic (exact) mass is 274 g/mol. The molecule has 0 atom stereocenters. The second-order valence-corrected chi connectivity index (χ2v) is 6.30. The predicted octanol–water partition coefficient (Wildman–Crippen LogP) is 3.28. The van der Waals surface area contributed by atoms with Gasteiger partial charge < -0.3 is 5.11 Å². The molecule has 0 saturated carbocycles. The average molecular weight is 274 g/mol. The number of para-hydroxylation sites is 1. The molecule has 0 aliphatic carbocycles. The molecule has 1 aliphatic rings. The summed E-state index contributed by atoms with van der Waals surface area (Å²) in [5.41, 5.74) is 2.05. The third-order valence-electron chi connectivity index (χ3n) is 3.63. The van der Waals surface area contributed by atoms with Crippen LogP contribution in [0.25, 0.3) is 10.6 Å². The number of hydrogen-bond acceptors (Lipinski definition) is 4. The molecule has 2 aromatic rings. The van der Waals surface area contributed by atoms with E-state index in [1.54, 1.807) is 17.4 Å². The SMILES string of the molecule is CC(C)N1CCc2nc(-c3ccccc3O)sc2C1. The van der Waals surface area contributed by atoms with E-state index >= 15 is 0 Å². The lowest BCUT2D eigenvalue weighted by Gasteiger charge is -2.29. The highest BCUT2D eigenvalue weighted by Gasteiger charge is 2.23. The summed E-state index contributed by atoms with van der Waals surface area (Å²) in [4.78, 5) is 8.52. The molecule has 19 heavy (non-hydrogen) atoms. The van der Waals surface area contributed by atoms with Gasteiger partial charge in [-0.3, -0.25) is 4.90 Å². The van der Waals surface area contributed by atoms with Crippen LogP contribution in [0.4, 0.5) is 0 Å². The molecule has 0 radical (unpaired) electrons. The number of benzene rings is 1. The summed E-state index contributed by atoms with van der Waals surface area (Å²) in [6.07, 6.45) is 1.01. The molecule has 0 bridgehead atoms. The second kappa shape index (κ2) is 4.94. The predicted molar refractivity (Wildman–Crippen MR) is 78.5 cm³/mol. The first-order valence-electron chi connectivity index (χ1n) is 6.66. The Balaban J connectivity index is 1.94. The van der Waals surface area contributed by atoms with Gasteiger partial charge in [-0.05, 0) is 26.0 Å². The third-order valence-corrected chi connectivity index (χ3v) is 4.74. The minimum Gasteiger partial charge on any atom is -0.507 e. The molecular weight excluding hydrogens is 256 g/mol. The van der Waals surface area contributed by atoms with E-state index in [-0.39, 0.29) is 0 Å². The summed E-state index contributed by atoms with van der Waals surface area (Å²) in [7, 11) is 0. The molecule has 0 spiro atoms. The first kappa shape index (κ1) is 12.6. The average Bonchev–Trinajstić information content (AvgIpc) is 2.81. The molecule has 3 rings (SSSR count). The Morgan fingerprint density at radius 3 is 2.84 bits per heavy atom. The highest BCUT2D eigenvalue weighted by Crippen LogP contribution is 2.35. The summed E-state index contributed by atoms with van der Waals surface area (Å²) >= 11 is 1.71. The topological polar surface area (TPSA) is 36.4 Å². The fraction of sp³-hybridized carbons (Fsp3) is 0.400. The van der Waals surface area contributed by atoms with Crippen molar-refractivity contribution in [2.45, 2.75) is 32.9 Å². The molecule has 1 N–H and O–H groups in total. The number of fused-ring (bicyclic) bond motifs is 1. The Kier molecular flexibility index (Phi) is 3.29. The van der Waals surface area contributed by atoms with Crippen LogP contribution >= 0.6 is 11.3 Å². The molecule has 100 valence electrons. The summed E-state index contributed by atoms with van der Waals surface area (Å²) < 4.78 is 0. The standard InChI is InChI=1S/C15H18N2OS/c1-10(2)17-8-7-12-14(9-17)19-15(16-12)11-5-3-4-6-13(11)18/h3-6,10,18H,7-9H2,1-2H3. The maximum atomic E-state index is 9.92. The van der Waals surface area contributed by atoms with E-state index in [0.29, 0.717) is 11.8 Å². The van der Waals surface area contributed by atoms with Gasteiger partial charge >= 0.3 is 0 Å². The number of thiazole rings is 1. The summed E-state index contributed by atoms with van der Waals surface area (Å²) in [6.45, 7) is 6.53. The van der Waals surface area contributed by atoms with E-state index in [2.05, 4.69) is 18.7 Å². The van der Waals surface area contributed by atoms with Gasteiger partial charge in [0.2, 0.25) is 0 Å². The number of phenols is 1. The number of rotatable bonds is 2. The van der Waals surface area contributed by atoms with E-state index in [1.807, 2.05) is 18.2 Å². The lowest BCUT2D eigenvalue weighted by Crippen LogP contribution is -2.35. The summed E-state index contributed by atoms with van der Waals surface area (Å²) in [6, 6.07) is 8.00.